The highest BCUT2D eigenvalue weighted by molar-refractivity contribution is 5.75. The van der Waals surface area contributed by atoms with Gasteiger partial charge in [0.2, 0.25) is 5.91 Å². The summed E-state index contributed by atoms with van der Waals surface area (Å²) in [6.45, 7) is 6.00. The minimum Gasteiger partial charge on any atom is -0.356 e. The van der Waals surface area contributed by atoms with Gasteiger partial charge in [0, 0.05) is 13.0 Å². The lowest BCUT2D eigenvalue weighted by Crippen LogP contribution is -2.39. The largest absolute Gasteiger partial charge is 0.356 e. The van der Waals surface area contributed by atoms with Gasteiger partial charge in [0.15, 0.2) is 0 Å². The number of rotatable bonds is 7. The molecule has 1 aliphatic carbocycles. The molecule has 0 heterocycles. The molecule has 1 unspecified atom stereocenters. The first-order valence-corrected chi connectivity index (χ1v) is 6.52. The van der Waals surface area contributed by atoms with E-state index in [9.17, 15) is 4.79 Å². The molecule has 0 radical (unpaired) electrons. The molecule has 1 aliphatic rings. The molecule has 1 atom stereocenters. The van der Waals surface area contributed by atoms with Crippen molar-refractivity contribution in [2.45, 2.75) is 52.4 Å². The lowest BCUT2D eigenvalue weighted by molar-refractivity contribution is -0.122. The van der Waals surface area contributed by atoms with Gasteiger partial charge >= 0.3 is 0 Å². The van der Waals surface area contributed by atoms with Crippen molar-refractivity contribution in [1.82, 2.24) is 5.32 Å². The summed E-state index contributed by atoms with van der Waals surface area (Å²) in [7, 11) is 0. The van der Waals surface area contributed by atoms with Gasteiger partial charge in [-0.25, -0.2) is 0 Å². The molecule has 1 fully saturated rings. The van der Waals surface area contributed by atoms with Crippen molar-refractivity contribution < 1.29 is 4.79 Å². The molecule has 94 valence electrons. The van der Waals surface area contributed by atoms with Crippen LogP contribution in [0, 0.1) is 11.3 Å². The molecule has 0 spiro atoms. The van der Waals surface area contributed by atoms with Crippen molar-refractivity contribution >= 4 is 5.91 Å². The van der Waals surface area contributed by atoms with Crippen molar-refractivity contribution in [2.24, 2.45) is 17.1 Å². The van der Waals surface area contributed by atoms with Crippen LogP contribution in [0.2, 0.25) is 0 Å². The molecule has 0 saturated heterocycles. The van der Waals surface area contributed by atoms with E-state index < -0.39 is 0 Å². The summed E-state index contributed by atoms with van der Waals surface area (Å²) in [5, 5.41) is 3.05. The van der Waals surface area contributed by atoms with Crippen LogP contribution in [0.15, 0.2) is 0 Å². The predicted molar refractivity (Wildman–Crippen MR) is 67.0 cm³/mol. The Bertz CT molecular complexity index is 224. The average Bonchev–Trinajstić information content (AvgIpc) is 2.21. The first-order chi connectivity index (χ1) is 7.56. The molecular formula is C13H26N2O. The predicted octanol–water partition coefficient (Wildman–Crippen LogP) is 2.06. The monoisotopic (exact) mass is 226 g/mol. The maximum atomic E-state index is 11.6. The summed E-state index contributed by atoms with van der Waals surface area (Å²) in [5.74, 6) is 0.770. The summed E-state index contributed by atoms with van der Waals surface area (Å²) in [6, 6.07) is 0. The summed E-state index contributed by atoms with van der Waals surface area (Å²) >= 11 is 0. The molecule has 3 nitrogen and oxygen atoms in total. The van der Waals surface area contributed by atoms with E-state index in [0.717, 1.165) is 25.9 Å². The molecule has 1 rings (SSSR count). The molecule has 0 aliphatic heterocycles. The van der Waals surface area contributed by atoms with Crippen molar-refractivity contribution in [3.8, 4) is 0 Å². The molecule has 0 aromatic heterocycles. The van der Waals surface area contributed by atoms with Crippen LogP contribution in [-0.4, -0.2) is 19.0 Å². The van der Waals surface area contributed by atoms with Gasteiger partial charge in [-0.1, -0.05) is 20.3 Å². The normalized spacial score (nSPS) is 19.9. The van der Waals surface area contributed by atoms with Gasteiger partial charge in [0.05, 0.1) is 0 Å². The molecule has 1 amide bonds. The molecular weight excluding hydrogens is 200 g/mol. The van der Waals surface area contributed by atoms with Gasteiger partial charge < -0.3 is 11.1 Å². The zero-order valence-corrected chi connectivity index (χ0v) is 10.7. The highest BCUT2D eigenvalue weighted by Crippen LogP contribution is 2.39. The highest BCUT2D eigenvalue weighted by Gasteiger charge is 2.31. The third-order valence-corrected chi connectivity index (χ3v) is 3.80. The van der Waals surface area contributed by atoms with Crippen LogP contribution in [0.1, 0.15) is 52.4 Å². The standard InChI is InChI=1S/C13H26N2O/c1-11(6-9-14)4-5-12(16)15-10-13(2)7-3-8-13/h11H,3-10,14H2,1-2H3,(H,15,16). The van der Waals surface area contributed by atoms with Crippen molar-refractivity contribution in [3.63, 3.8) is 0 Å². The summed E-state index contributed by atoms with van der Waals surface area (Å²) in [5.41, 5.74) is 5.86. The SMILES string of the molecule is CC(CCN)CCC(=O)NCC1(C)CCC1. The first kappa shape index (κ1) is 13.5. The number of nitrogens with one attached hydrogen (secondary N) is 1. The van der Waals surface area contributed by atoms with E-state index in [1.54, 1.807) is 0 Å². The van der Waals surface area contributed by atoms with Gasteiger partial charge in [-0.3, -0.25) is 4.79 Å². The number of carbonyl (C=O) groups excluding carboxylic acids is 1. The summed E-state index contributed by atoms with van der Waals surface area (Å²) in [4.78, 5) is 11.6. The molecule has 0 aromatic carbocycles. The molecule has 3 heteroatoms. The average molecular weight is 226 g/mol. The van der Waals surface area contributed by atoms with Crippen LogP contribution in [0.5, 0.6) is 0 Å². The Morgan fingerprint density at radius 3 is 2.62 bits per heavy atom. The van der Waals surface area contributed by atoms with Crippen LogP contribution in [0.25, 0.3) is 0 Å². The zero-order valence-electron chi connectivity index (χ0n) is 10.7. The first-order valence-electron chi connectivity index (χ1n) is 6.52. The van der Waals surface area contributed by atoms with Crippen LogP contribution >= 0.6 is 0 Å². The van der Waals surface area contributed by atoms with Crippen LogP contribution in [0.4, 0.5) is 0 Å². The fourth-order valence-corrected chi connectivity index (χ4v) is 2.16. The second-order valence-electron chi connectivity index (χ2n) is 5.66. The number of amides is 1. The maximum Gasteiger partial charge on any atom is 0.220 e. The van der Waals surface area contributed by atoms with E-state index in [0.29, 0.717) is 17.8 Å². The lowest BCUT2D eigenvalue weighted by atomic mass is 9.70. The minimum absolute atomic E-state index is 0.206. The van der Waals surface area contributed by atoms with Gasteiger partial charge in [-0.15, -0.1) is 0 Å². The lowest BCUT2D eigenvalue weighted by Gasteiger charge is -2.38. The van der Waals surface area contributed by atoms with E-state index in [2.05, 4.69) is 19.2 Å². The Morgan fingerprint density at radius 2 is 2.12 bits per heavy atom. The molecule has 3 N–H and O–H groups in total. The highest BCUT2D eigenvalue weighted by atomic mass is 16.1. The fraction of sp³-hybridized carbons (Fsp3) is 0.923. The topological polar surface area (TPSA) is 55.1 Å². The zero-order chi connectivity index (χ0) is 12.0. The van der Waals surface area contributed by atoms with E-state index in [4.69, 9.17) is 5.73 Å². The maximum absolute atomic E-state index is 11.6. The van der Waals surface area contributed by atoms with Crippen molar-refractivity contribution in [2.75, 3.05) is 13.1 Å². The van der Waals surface area contributed by atoms with Gasteiger partial charge in [0.1, 0.15) is 0 Å². The number of carbonyl (C=O) groups is 1. The van der Waals surface area contributed by atoms with Crippen LogP contribution in [0.3, 0.4) is 0 Å². The van der Waals surface area contributed by atoms with E-state index in [1.165, 1.54) is 19.3 Å². The third-order valence-electron chi connectivity index (χ3n) is 3.80. The fourth-order valence-electron chi connectivity index (χ4n) is 2.16. The Balaban J connectivity index is 2.06. The Labute approximate surface area is 99.2 Å². The van der Waals surface area contributed by atoms with E-state index in [1.807, 2.05) is 0 Å². The second-order valence-corrected chi connectivity index (χ2v) is 5.66. The van der Waals surface area contributed by atoms with Crippen LogP contribution in [-0.2, 0) is 4.79 Å². The van der Waals surface area contributed by atoms with Gasteiger partial charge in [-0.05, 0) is 43.6 Å². The van der Waals surface area contributed by atoms with E-state index >= 15 is 0 Å². The molecule has 0 aromatic rings. The number of hydrogen-bond acceptors (Lipinski definition) is 2. The molecule has 16 heavy (non-hydrogen) atoms. The smallest absolute Gasteiger partial charge is 0.220 e. The van der Waals surface area contributed by atoms with E-state index in [-0.39, 0.29) is 5.91 Å². The van der Waals surface area contributed by atoms with Gasteiger partial charge in [-0.2, -0.15) is 0 Å². The Morgan fingerprint density at radius 1 is 1.44 bits per heavy atom. The number of nitrogens with two attached hydrogens (primary N) is 1. The second kappa shape index (κ2) is 6.24. The Hall–Kier alpha value is -0.570. The molecule has 0 bridgehead atoms. The van der Waals surface area contributed by atoms with Crippen LogP contribution < -0.4 is 11.1 Å². The minimum atomic E-state index is 0.206. The number of hydrogen-bond donors (Lipinski definition) is 2. The Kier molecular flexibility index (Phi) is 5.26. The van der Waals surface area contributed by atoms with Gasteiger partial charge in [0.25, 0.3) is 0 Å². The van der Waals surface area contributed by atoms with Crippen molar-refractivity contribution in [3.05, 3.63) is 0 Å². The quantitative estimate of drug-likeness (QED) is 0.698. The molecule has 1 saturated carbocycles. The van der Waals surface area contributed by atoms with Crippen molar-refractivity contribution in [1.29, 1.82) is 0 Å². The summed E-state index contributed by atoms with van der Waals surface area (Å²) < 4.78 is 0. The summed E-state index contributed by atoms with van der Waals surface area (Å²) in [6.07, 6.45) is 6.47. The third kappa shape index (κ3) is 4.52.